The first-order valence-corrected chi connectivity index (χ1v) is 6.91. The van der Waals surface area contributed by atoms with Crippen LogP contribution in [0.4, 0.5) is 13.2 Å². The van der Waals surface area contributed by atoms with Crippen LogP contribution in [0.5, 0.6) is 0 Å². The van der Waals surface area contributed by atoms with Gasteiger partial charge in [0.25, 0.3) is 5.91 Å². The standard InChI is InChI=1S/C16H18F3NO3/c1-4-20(9-11(2)3)14(21)10-23-15(22)12-6-5-7-13(8-12)16(17,18)19/h5-8H,2,4,9-10H2,1,3H3. The first-order valence-electron chi connectivity index (χ1n) is 6.91. The van der Waals surface area contributed by atoms with Gasteiger partial charge in [0.2, 0.25) is 0 Å². The smallest absolute Gasteiger partial charge is 0.416 e. The fourth-order valence-electron chi connectivity index (χ4n) is 1.83. The second kappa shape index (κ2) is 7.80. The maximum atomic E-state index is 12.6. The summed E-state index contributed by atoms with van der Waals surface area (Å²) in [7, 11) is 0. The van der Waals surface area contributed by atoms with Crippen LogP contribution in [0.25, 0.3) is 0 Å². The van der Waals surface area contributed by atoms with Crippen molar-refractivity contribution in [2.75, 3.05) is 19.7 Å². The van der Waals surface area contributed by atoms with Crippen LogP contribution >= 0.6 is 0 Å². The molecule has 0 bridgehead atoms. The van der Waals surface area contributed by atoms with Crippen LogP contribution in [0, 0.1) is 0 Å². The molecule has 0 aliphatic rings. The molecule has 126 valence electrons. The highest BCUT2D eigenvalue weighted by molar-refractivity contribution is 5.91. The van der Waals surface area contributed by atoms with E-state index in [1.807, 2.05) is 0 Å². The minimum atomic E-state index is -4.55. The van der Waals surface area contributed by atoms with Crippen LogP contribution in [-0.4, -0.2) is 36.5 Å². The zero-order chi connectivity index (χ0) is 17.6. The van der Waals surface area contributed by atoms with E-state index in [9.17, 15) is 22.8 Å². The predicted molar refractivity (Wildman–Crippen MR) is 78.8 cm³/mol. The molecule has 0 heterocycles. The van der Waals surface area contributed by atoms with Gasteiger partial charge in [-0.15, -0.1) is 0 Å². The van der Waals surface area contributed by atoms with E-state index in [4.69, 9.17) is 4.74 Å². The Bertz CT molecular complexity index is 596. The van der Waals surface area contributed by atoms with Crippen LogP contribution in [0.2, 0.25) is 0 Å². The fraction of sp³-hybridized carbons (Fsp3) is 0.375. The summed E-state index contributed by atoms with van der Waals surface area (Å²) in [5.41, 5.74) is -0.435. The molecule has 0 aromatic heterocycles. The van der Waals surface area contributed by atoms with E-state index in [0.717, 1.165) is 17.7 Å². The molecule has 1 rings (SSSR count). The molecule has 4 nitrogen and oxygen atoms in total. The number of carbonyl (C=O) groups is 2. The number of amides is 1. The Kier molecular flexibility index (Phi) is 6.36. The van der Waals surface area contributed by atoms with Crippen LogP contribution < -0.4 is 0 Å². The second-order valence-corrected chi connectivity index (χ2v) is 5.02. The van der Waals surface area contributed by atoms with E-state index in [1.54, 1.807) is 13.8 Å². The van der Waals surface area contributed by atoms with Crippen molar-refractivity contribution in [1.82, 2.24) is 4.90 Å². The van der Waals surface area contributed by atoms with Gasteiger partial charge in [0.15, 0.2) is 6.61 Å². The Hall–Kier alpha value is -2.31. The number of likely N-dealkylation sites (N-methyl/N-ethyl adjacent to an activating group) is 1. The zero-order valence-electron chi connectivity index (χ0n) is 12.9. The molecule has 1 amide bonds. The molecule has 0 aliphatic heterocycles. The average molecular weight is 329 g/mol. The molecule has 7 heteroatoms. The summed E-state index contributed by atoms with van der Waals surface area (Å²) in [5.74, 6) is -1.41. The molecule has 0 saturated carbocycles. The van der Waals surface area contributed by atoms with Gasteiger partial charge in [-0.1, -0.05) is 18.2 Å². The molecular weight excluding hydrogens is 311 g/mol. The Morgan fingerprint density at radius 3 is 2.48 bits per heavy atom. The van der Waals surface area contributed by atoms with E-state index in [0.29, 0.717) is 19.2 Å². The van der Waals surface area contributed by atoms with Crippen molar-refractivity contribution in [3.05, 3.63) is 47.5 Å². The molecule has 0 saturated heterocycles. The highest BCUT2D eigenvalue weighted by atomic mass is 19.4. The van der Waals surface area contributed by atoms with Crippen molar-refractivity contribution >= 4 is 11.9 Å². The van der Waals surface area contributed by atoms with Crippen LogP contribution in [0.15, 0.2) is 36.4 Å². The Morgan fingerprint density at radius 2 is 1.96 bits per heavy atom. The number of halogens is 3. The third kappa shape index (κ3) is 5.77. The van der Waals surface area contributed by atoms with Gasteiger partial charge in [-0.05, 0) is 32.0 Å². The van der Waals surface area contributed by atoms with Crippen molar-refractivity contribution in [3.8, 4) is 0 Å². The summed E-state index contributed by atoms with van der Waals surface area (Å²) in [6.07, 6.45) is -4.55. The van der Waals surface area contributed by atoms with E-state index < -0.39 is 30.2 Å². The molecule has 0 spiro atoms. The first kappa shape index (κ1) is 18.7. The number of carbonyl (C=O) groups excluding carboxylic acids is 2. The van der Waals surface area contributed by atoms with Gasteiger partial charge >= 0.3 is 12.1 Å². The highest BCUT2D eigenvalue weighted by Crippen LogP contribution is 2.29. The molecule has 0 aliphatic carbocycles. The summed E-state index contributed by atoms with van der Waals surface area (Å²) in [6, 6.07) is 3.86. The van der Waals surface area contributed by atoms with Crippen molar-refractivity contribution < 1.29 is 27.5 Å². The van der Waals surface area contributed by atoms with E-state index in [2.05, 4.69) is 6.58 Å². The molecule has 0 radical (unpaired) electrons. The maximum Gasteiger partial charge on any atom is 0.416 e. The quantitative estimate of drug-likeness (QED) is 0.594. The topological polar surface area (TPSA) is 46.6 Å². The van der Waals surface area contributed by atoms with Crippen molar-refractivity contribution in [2.24, 2.45) is 0 Å². The van der Waals surface area contributed by atoms with E-state index in [1.165, 1.54) is 11.0 Å². The summed E-state index contributed by atoms with van der Waals surface area (Å²) >= 11 is 0. The third-order valence-electron chi connectivity index (χ3n) is 2.95. The monoisotopic (exact) mass is 329 g/mol. The van der Waals surface area contributed by atoms with Crippen molar-refractivity contribution in [2.45, 2.75) is 20.0 Å². The minimum absolute atomic E-state index is 0.254. The normalized spacial score (nSPS) is 11.0. The van der Waals surface area contributed by atoms with E-state index in [-0.39, 0.29) is 5.56 Å². The summed E-state index contributed by atoms with van der Waals surface area (Å²) < 4.78 is 42.6. The van der Waals surface area contributed by atoms with Gasteiger partial charge in [-0.3, -0.25) is 4.79 Å². The Labute approximate surface area is 132 Å². The highest BCUT2D eigenvalue weighted by Gasteiger charge is 2.31. The van der Waals surface area contributed by atoms with Crippen molar-refractivity contribution in [1.29, 1.82) is 0 Å². The van der Waals surface area contributed by atoms with Crippen LogP contribution in [-0.2, 0) is 15.7 Å². The molecule has 0 N–H and O–H groups in total. The van der Waals surface area contributed by atoms with Gasteiger partial charge in [0.1, 0.15) is 0 Å². The lowest BCUT2D eigenvalue weighted by Crippen LogP contribution is -2.35. The van der Waals surface area contributed by atoms with E-state index >= 15 is 0 Å². The Morgan fingerprint density at radius 1 is 1.30 bits per heavy atom. The molecule has 0 atom stereocenters. The number of benzene rings is 1. The molecule has 23 heavy (non-hydrogen) atoms. The number of ether oxygens (including phenoxy) is 1. The largest absolute Gasteiger partial charge is 0.452 e. The molecule has 0 fully saturated rings. The fourth-order valence-corrected chi connectivity index (χ4v) is 1.83. The lowest BCUT2D eigenvalue weighted by atomic mass is 10.1. The van der Waals surface area contributed by atoms with Crippen LogP contribution in [0.3, 0.4) is 0 Å². The number of rotatable bonds is 6. The number of alkyl halides is 3. The number of nitrogens with zero attached hydrogens (tertiary/aromatic N) is 1. The van der Waals surface area contributed by atoms with Gasteiger partial charge in [0.05, 0.1) is 11.1 Å². The molecular formula is C16H18F3NO3. The lowest BCUT2D eigenvalue weighted by Gasteiger charge is -2.20. The zero-order valence-corrected chi connectivity index (χ0v) is 12.9. The first-order chi connectivity index (χ1) is 10.6. The van der Waals surface area contributed by atoms with Crippen molar-refractivity contribution in [3.63, 3.8) is 0 Å². The third-order valence-corrected chi connectivity index (χ3v) is 2.95. The summed E-state index contributed by atoms with van der Waals surface area (Å²) in [6.45, 7) is 7.41. The predicted octanol–water partition coefficient (Wildman–Crippen LogP) is 3.29. The minimum Gasteiger partial charge on any atom is -0.452 e. The Balaban J connectivity index is 2.70. The summed E-state index contributed by atoms with van der Waals surface area (Å²) in [4.78, 5) is 25.1. The van der Waals surface area contributed by atoms with Gasteiger partial charge in [0, 0.05) is 13.1 Å². The van der Waals surface area contributed by atoms with Gasteiger partial charge in [-0.25, -0.2) is 4.79 Å². The summed E-state index contributed by atoms with van der Waals surface area (Å²) in [5, 5.41) is 0. The molecule has 0 unspecified atom stereocenters. The number of esters is 1. The second-order valence-electron chi connectivity index (χ2n) is 5.02. The van der Waals surface area contributed by atoms with Gasteiger partial charge in [-0.2, -0.15) is 13.2 Å². The average Bonchev–Trinajstić information content (AvgIpc) is 2.49. The number of hydrogen-bond acceptors (Lipinski definition) is 3. The maximum absolute atomic E-state index is 12.6. The molecule has 1 aromatic rings. The SMILES string of the molecule is C=C(C)CN(CC)C(=O)COC(=O)c1cccc(C(F)(F)F)c1. The lowest BCUT2D eigenvalue weighted by molar-refractivity contribution is -0.137. The molecule has 1 aromatic carbocycles. The van der Waals surface area contributed by atoms with Crippen LogP contribution in [0.1, 0.15) is 29.8 Å². The number of hydrogen-bond donors (Lipinski definition) is 0. The van der Waals surface area contributed by atoms with Gasteiger partial charge < -0.3 is 9.64 Å².